The Bertz CT molecular complexity index is 614. The molecule has 4 N–H and O–H groups in total. The Kier molecular flexibility index (Phi) is 4.91. The van der Waals surface area contributed by atoms with Crippen LogP contribution in [0.15, 0.2) is 17.0 Å². The second-order valence-electron chi connectivity index (χ2n) is 6.02. The monoisotopic (exact) mass is 312 g/mol. The van der Waals surface area contributed by atoms with Crippen LogP contribution in [-0.4, -0.2) is 26.2 Å². The van der Waals surface area contributed by atoms with E-state index in [0.717, 1.165) is 24.8 Å². The van der Waals surface area contributed by atoms with Crippen molar-refractivity contribution < 1.29 is 13.5 Å². The van der Waals surface area contributed by atoms with E-state index < -0.39 is 10.0 Å². The number of aliphatic hydroxyl groups is 1. The van der Waals surface area contributed by atoms with E-state index in [1.165, 1.54) is 0 Å². The number of nitrogens with two attached hydrogens (primary N) is 1. The third-order valence-electron chi connectivity index (χ3n) is 4.15. The molecule has 0 spiro atoms. The van der Waals surface area contributed by atoms with Gasteiger partial charge in [0.25, 0.3) is 0 Å². The molecule has 0 bridgehead atoms. The van der Waals surface area contributed by atoms with E-state index in [1.54, 1.807) is 19.1 Å². The lowest BCUT2D eigenvalue weighted by molar-refractivity contribution is 0.102. The normalized spacial score (nSPS) is 23.2. The topological polar surface area (TPSA) is 92.4 Å². The lowest BCUT2D eigenvalue weighted by atomic mass is 9.87. The van der Waals surface area contributed by atoms with Gasteiger partial charge in [0.2, 0.25) is 10.0 Å². The van der Waals surface area contributed by atoms with E-state index in [0.29, 0.717) is 24.2 Å². The highest BCUT2D eigenvalue weighted by Crippen LogP contribution is 2.26. The summed E-state index contributed by atoms with van der Waals surface area (Å²) in [6.07, 6.45) is 3.08. The molecule has 0 saturated heterocycles. The molecule has 1 aliphatic carbocycles. The molecule has 0 aromatic heterocycles. The Labute approximate surface area is 126 Å². The summed E-state index contributed by atoms with van der Waals surface area (Å²) in [5, 5.41) is 9.65. The van der Waals surface area contributed by atoms with Gasteiger partial charge in [-0.2, -0.15) is 0 Å². The van der Waals surface area contributed by atoms with Crippen LogP contribution in [0.2, 0.25) is 0 Å². The average Bonchev–Trinajstić information content (AvgIpc) is 2.41. The summed E-state index contributed by atoms with van der Waals surface area (Å²) in [7, 11) is -3.56. The molecule has 2 unspecified atom stereocenters. The summed E-state index contributed by atoms with van der Waals surface area (Å²) < 4.78 is 27.6. The van der Waals surface area contributed by atoms with Crippen molar-refractivity contribution in [1.29, 1.82) is 0 Å². The number of aliphatic hydroxyl groups excluding tert-OH is 1. The van der Waals surface area contributed by atoms with Gasteiger partial charge in [-0.1, -0.05) is 6.42 Å². The first-order valence-electron chi connectivity index (χ1n) is 7.34. The molecular formula is C15H24N2O3S. The number of benzene rings is 1. The zero-order valence-electron chi connectivity index (χ0n) is 12.6. The molecule has 0 aliphatic heterocycles. The first-order chi connectivity index (χ1) is 9.79. The average molecular weight is 312 g/mol. The van der Waals surface area contributed by atoms with E-state index in [1.807, 2.05) is 6.92 Å². The molecule has 2 atom stereocenters. The third-order valence-corrected chi connectivity index (χ3v) is 5.70. The van der Waals surface area contributed by atoms with Gasteiger partial charge >= 0.3 is 0 Å². The second kappa shape index (κ2) is 6.34. The summed E-state index contributed by atoms with van der Waals surface area (Å²) in [6.45, 7) is 3.91. The van der Waals surface area contributed by atoms with Gasteiger partial charge < -0.3 is 10.8 Å². The Morgan fingerprint density at radius 1 is 1.33 bits per heavy atom. The van der Waals surface area contributed by atoms with Crippen molar-refractivity contribution in [2.24, 2.45) is 5.92 Å². The molecule has 1 aromatic carbocycles. The second-order valence-corrected chi connectivity index (χ2v) is 7.75. The van der Waals surface area contributed by atoms with E-state index >= 15 is 0 Å². The van der Waals surface area contributed by atoms with Crippen LogP contribution in [0, 0.1) is 19.8 Å². The van der Waals surface area contributed by atoms with Gasteiger partial charge in [0.15, 0.2) is 0 Å². The van der Waals surface area contributed by atoms with E-state index in [2.05, 4.69) is 4.72 Å². The molecule has 2 rings (SSSR count). The quantitative estimate of drug-likeness (QED) is 0.738. The fourth-order valence-electron chi connectivity index (χ4n) is 2.88. The Morgan fingerprint density at radius 2 is 2.05 bits per heavy atom. The molecule has 21 heavy (non-hydrogen) atoms. The molecule has 0 amide bonds. The van der Waals surface area contributed by atoms with Gasteiger partial charge in [0.1, 0.15) is 0 Å². The molecule has 0 radical (unpaired) electrons. The van der Waals surface area contributed by atoms with Crippen LogP contribution < -0.4 is 10.5 Å². The number of aryl methyl sites for hydroxylation is 1. The standard InChI is InChI=1S/C15H24N2O3S/c1-10-6-14(16)11(2)15(7-10)21(19,20)17-9-12-4-3-5-13(18)8-12/h6-7,12-13,17-18H,3-5,8-9,16H2,1-2H3. The number of nitrogen functional groups attached to an aromatic ring is 1. The molecule has 118 valence electrons. The van der Waals surface area contributed by atoms with Crippen LogP contribution in [0.1, 0.15) is 36.8 Å². The maximum absolute atomic E-state index is 12.5. The van der Waals surface area contributed by atoms with E-state index in [4.69, 9.17) is 5.73 Å². The van der Waals surface area contributed by atoms with Gasteiger partial charge in [-0.3, -0.25) is 0 Å². The largest absolute Gasteiger partial charge is 0.398 e. The number of hydrogen-bond acceptors (Lipinski definition) is 4. The van der Waals surface area contributed by atoms with Crippen molar-refractivity contribution in [3.05, 3.63) is 23.3 Å². The highest BCUT2D eigenvalue weighted by Gasteiger charge is 2.24. The molecular weight excluding hydrogens is 288 g/mol. The number of anilines is 1. The van der Waals surface area contributed by atoms with Gasteiger partial charge in [-0.15, -0.1) is 0 Å². The molecule has 0 heterocycles. The van der Waals surface area contributed by atoms with Crippen molar-refractivity contribution in [3.63, 3.8) is 0 Å². The summed E-state index contributed by atoms with van der Waals surface area (Å²) in [4.78, 5) is 0.247. The fourth-order valence-corrected chi connectivity index (χ4v) is 4.36. The molecule has 1 aromatic rings. The Balaban J connectivity index is 2.12. The van der Waals surface area contributed by atoms with Gasteiger partial charge in [0, 0.05) is 12.2 Å². The highest BCUT2D eigenvalue weighted by molar-refractivity contribution is 7.89. The van der Waals surface area contributed by atoms with Gasteiger partial charge in [-0.05, 0) is 62.3 Å². The minimum Gasteiger partial charge on any atom is -0.398 e. The lowest BCUT2D eigenvalue weighted by Crippen LogP contribution is -2.33. The number of nitrogens with one attached hydrogen (secondary N) is 1. The molecule has 1 fully saturated rings. The molecule has 1 aliphatic rings. The van der Waals surface area contributed by atoms with Crippen molar-refractivity contribution in [2.45, 2.75) is 50.5 Å². The first kappa shape index (κ1) is 16.3. The summed E-state index contributed by atoms with van der Waals surface area (Å²) in [6, 6.07) is 3.41. The minimum atomic E-state index is -3.56. The maximum atomic E-state index is 12.5. The van der Waals surface area contributed by atoms with Crippen molar-refractivity contribution in [3.8, 4) is 0 Å². The van der Waals surface area contributed by atoms with Crippen molar-refractivity contribution >= 4 is 15.7 Å². The summed E-state index contributed by atoms with van der Waals surface area (Å²) in [5.74, 6) is 0.200. The van der Waals surface area contributed by atoms with Gasteiger partial charge in [-0.25, -0.2) is 13.1 Å². The fraction of sp³-hybridized carbons (Fsp3) is 0.600. The van der Waals surface area contributed by atoms with Crippen molar-refractivity contribution in [2.75, 3.05) is 12.3 Å². The first-order valence-corrected chi connectivity index (χ1v) is 8.82. The predicted octanol–water partition coefficient (Wildman–Crippen LogP) is 1.72. The minimum absolute atomic E-state index is 0.200. The summed E-state index contributed by atoms with van der Waals surface area (Å²) in [5.41, 5.74) is 7.75. The number of hydrogen-bond donors (Lipinski definition) is 3. The van der Waals surface area contributed by atoms with Crippen LogP contribution in [0.5, 0.6) is 0 Å². The van der Waals surface area contributed by atoms with Crippen LogP contribution in [0.4, 0.5) is 5.69 Å². The van der Waals surface area contributed by atoms with Crippen molar-refractivity contribution in [1.82, 2.24) is 4.72 Å². The number of sulfonamides is 1. The maximum Gasteiger partial charge on any atom is 0.240 e. The smallest absolute Gasteiger partial charge is 0.240 e. The van der Waals surface area contributed by atoms with Crippen LogP contribution in [0.25, 0.3) is 0 Å². The van der Waals surface area contributed by atoms with E-state index in [9.17, 15) is 13.5 Å². The lowest BCUT2D eigenvalue weighted by Gasteiger charge is -2.26. The van der Waals surface area contributed by atoms with E-state index in [-0.39, 0.29) is 16.9 Å². The SMILES string of the molecule is Cc1cc(N)c(C)c(S(=O)(=O)NCC2CCCC(O)C2)c1. The molecule has 1 saturated carbocycles. The predicted molar refractivity (Wildman–Crippen MR) is 83.5 cm³/mol. The van der Waals surface area contributed by atoms with Crippen LogP contribution >= 0.6 is 0 Å². The van der Waals surface area contributed by atoms with Gasteiger partial charge in [0.05, 0.1) is 11.0 Å². The number of rotatable bonds is 4. The zero-order valence-corrected chi connectivity index (χ0v) is 13.4. The van der Waals surface area contributed by atoms with Crippen LogP contribution in [-0.2, 0) is 10.0 Å². The zero-order chi connectivity index (χ0) is 15.6. The molecule has 6 heteroatoms. The summed E-state index contributed by atoms with van der Waals surface area (Å²) >= 11 is 0. The Morgan fingerprint density at radius 3 is 2.71 bits per heavy atom. The third kappa shape index (κ3) is 3.96. The van der Waals surface area contributed by atoms with Crippen LogP contribution in [0.3, 0.4) is 0 Å². The highest BCUT2D eigenvalue weighted by atomic mass is 32.2. The Hall–Kier alpha value is -1.11. The molecule has 5 nitrogen and oxygen atoms in total.